The Morgan fingerprint density at radius 3 is 2.73 bits per heavy atom. The molecule has 82 valence electrons. The highest BCUT2D eigenvalue weighted by Crippen LogP contribution is 2.11. The Kier molecular flexibility index (Phi) is 3.01. The summed E-state index contributed by atoms with van der Waals surface area (Å²) < 4.78 is 1.82. The van der Waals surface area contributed by atoms with Gasteiger partial charge in [-0.05, 0) is 0 Å². The summed E-state index contributed by atoms with van der Waals surface area (Å²) in [7, 11) is 1.93. The zero-order valence-electron chi connectivity index (χ0n) is 8.93. The monoisotopic (exact) mass is 208 g/mol. The molecule has 2 rings (SSSR count). The molecule has 0 spiro atoms. The van der Waals surface area contributed by atoms with Crippen molar-refractivity contribution in [3.05, 3.63) is 18.0 Å². The Hall–Kier alpha value is -1.36. The Bertz CT molecular complexity index is 348. The molecular weight excluding hydrogens is 192 g/mol. The summed E-state index contributed by atoms with van der Waals surface area (Å²) in [6.45, 7) is 2.87. The highest BCUT2D eigenvalue weighted by Gasteiger charge is 2.15. The number of likely N-dealkylation sites (tertiary alicyclic amines) is 1. The molecule has 0 atom stereocenters. The van der Waals surface area contributed by atoms with Crippen LogP contribution in [0.4, 0.5) is 0 Å². The van der Waals surface area contributed by atoms with Crippen molar-refractivity contribution in [1.82, 2.24) is 14.7 Å². The summed E-state index contributed by atoms with van der Waals surface area (Å²) in [5.74, 6) is 0. The van der Waals surface area contributed by atoms with Gasteiger partial charge >= 0.3 is 0 Å². The van der Waals surface area contributed by atoms with Crippen LogP contribution in [-0.2, 0) is 13.6 Å². The molecule has 0 radical (unpaired) electrons. The first-order valence-electron chi connectivity index (χ1n) is 5.17. The molecule has 0 unspecified atom stereocenters. The van der Waals surface area contributed by atoms with E-state index in [1.165, 1.54) is 5.56 Å². The van der Waals surface area contributed by atoms with Gasteiger partial charge in [0, 0.05) is 51.3 Å². The van der Waals surface area contributed by atoms with Crippen LogP contribution in [0.1, 0.15) is 18.4 Å². The van der Waals surface area contributed by atoms with Crippen molar-refractivity contribution in [2.75, 3.05) is 13.1 Å². The number of nitrogens with zero attached hydrogens (tertiary/aromatic N) is 4. The molecule has 0 saturated carbocycles. The van der Waals surface area contributed by atoms with Crippen LogP contribution >= 0.6 is 0 Å². The molecule has 0 aromatic carbocycles. The summed E-state index contributed by atoms with van der Waals surface area (Å²) in [6, 6.07) is 0. The van der Waals surface area contributed by atoms with E-state index in [0.29, 0.717) is 0 Å². The minimum atomic E-state index is 0.872. The zero-order chi connectivity index (χ0) is 10.7. The lowest BCUT2D eigenvalue weighted by atomic mass is 10.1. The molecule has 0 amide bonds. The second-order valence-corrected chi connectivity index (χ2v) is 3.96. The first-order chi connectivity index (χ1) is 7.28. The van der Waals surface area contributed by atoms with Crippen molar-refractivity contribution in [3.8, 4) is 0 Å². The summed E-state index contributed by atoms with van der Waals surface area (Å²) >= 11 is 0. The van der Waals surface area contributed by atoms with Crippen molar-refractivity contribution in [3.63, 3.8) is 0 Å². The quantitative estimate of drug-likeness (QED) is 0.579. The molecule has 1 aliphatic rings. The molecule has 0 aliphatic carbocycles. The van der Waals surface area contributed by atoms with Gasteiger partial charge in [0.05, 0.1) is 11.9 Å². The third-order valence-electron chi connectivity index (χ3n) is 2.74. The van der Waals surface area contributed by atoms with Crippen LogP contribution in [0.2, 0.25) is 0 Å². The number of piperidine rings is 1. The molecule has 0 bridgehead atoms. The SMILES string of the molecule is Cn1cc(CN2CCC(=NO)CC2)cn1. The molecule has 1 N–H and O–H groups in total. The van der Waals surface area contributed by atoms with Gasteiger partial charge in [-0.2, -0.15) is 5.10 Å². The van der Waals surface area contributed by atoms with Crippen molar-refractivity contribution in [1.29, 1.82) is 0 Å². The molecule has 5 heteroatoms. The number of rotatable bonds is 2. The highest BCUT2D eigenvalue weighted by atomic mass is 16.4. The number of aryl methyl sites for hydroxylation is 1. The molecule has 2 heterocycles. The van der Waals surface area contributed by atoms with Crippen molar-refractivity contribution < 1.29 is 5.21 Å². The summed E-state index contributed by atoms with van der Waals surface area (Å²) in [5.41, 5.74) is 2.15. The third kappa shape index (κ3) is 2.56. The van der Waals surface area contributed by atoms with Gasteiger partial charge in [-0.25, -0.2) is 0 Å². The fourth-order valence-corrected chi connectivity index (χ4v) is 1.88. The first kappa shape index (κ1) is 10.2. The Balaban J connectivity index is 1.87. The lowest BCUT2D eigenvalue weighted by molar-refractivity contribution is 0.256. The van der Waals surface area contributed by atoms with E-state index in [2.05, 4.69) is 15.2 Å². The van der Waals surface area contributed by atoms with E-state index >= 15 is 0 Å². The minimum Gasteiger partial charge on any atom is -0.411 e. The van der Waals surface area contributed by atoms with E-state index < -0.39 is 0 Å². The third-order valence-corrected chi connectivity index (χ3v) is 2.74. The molecule has 1 aromatic rings. The molecule has 1 aromatic heterocycles. The van der Waals surface area contributed by atoms with Crippen molar-refractivity contribution >= 4 is 5.71 Å². The average molecular weight is 208 g/mol. The van der Waals surface area contributed by atoms with Gasteiger partial charge in [0.25, 0.3) is 0 Å². The van der Waals surface area contributed by atoms with Crippen molar-refractivity contribution in [2.24, 2.45) is 12.2 Å². The van der Waals surface area contributed by atoms with Gasteiger partial charge in [0.1, 0.15) is 0 Å². The maximum absolute atomic E-state index is 8.63. The number of hydrogen-bond donors (Lipinski definition) is 1. The molecule has 5 nitrogen and oxygen atoms in total. The van der Waals surface area contributed by atoms with E-state index in [0.717, 1.165) is 38.2 Å². The van der Waals surface area contributed by atoms with Gasteiger partial charge in [-0.15, -0.1) is 0 Å². The zero-order valence-corrected chi connectivity index (χ0v) is 8.93. The average Bonchev–Trinajstić information content (AvgIpc) is 2.65. The predicted octanol–water partition coefficient (Wildman–Crippen LogP) is 0.846. The molecule has 1 fully saturated rings. The normalized spacial score (nSPS) is 18.1. The smallest absolute Gasteiger partial charge is 0.0596 e. The number of aromatic nitrogens is 2. The van der Waals surface area contributed by atoms with Gasteiger partial charge in [-0.1, -0.05) is 5.16 Å². The van der Waals surface area contributed by atoms with E-state index in [1.807, 2.05) is 24.1 Å². The second-order valence-electron chi connectivity index (χ2n) is 3.96. The number of hydrogen-bond acceptors (Lipinski definition) is 4. The molecular formula is C10H16N4O. The Morgan fingerprint density at radius 1 is 1.47 bits per heavy atom. The van der Waals surface area contributed by atoms with Gasteiger partial charge in [0.2, 0.25) is 0 Å². The highest BCUT2D eigenvalue weighted by molar-refractivity contribution is 5.84. The molecule has 1 saturated heterocycles. The maximum atomic E-state index is 8.63. The van der Waals surface area contributed by atoms with Crippen LogP contribution in [0.3, 0.4) is 0 Å². The minimum absolute atomic E-state index is 0.872. The van der Waals surface area contributed by atoms with Crippen LogP contribution in [0.25, 0.3) is 0 Å². The maximum Gasteiger partial charge on any atom is 0.0596 e. The molecule has 15 heavy (non-hydrogen) atoms. The van der Waals surface area contributed by atoms with Gasteiger partial charge < -0.3 is 5.21 Å². The summed E-state index contributed by atoms with van der Waals surface area (Å²) in [6.07, 6.45) is 5.68. The van der Waals surface area contributed by atoms with Crippen molar-refractivity contribution in [2.45, 2.75) is 19.4 Å². The Morgan fingerprint density at radius 2 is 2.20 bits per heavy atom. The van der Waals surface area contributed by atoms with E-state index in [4.69, 9.17) is 5.21 Å². The van der Waals surface area contributed by atoms with Crippen LogP contribution in [0.15, 0.2) is 17.5 Å². The van der Waals surface area contributed by atoms with Crippen LogP contribution in [0.5, 0.6) is 0 Å². The fraction of sp³-hybridized carbons (Fsp3) is 0.600. The lowest BCUT2D eigenvalue weighted by Crippen LogP contribution is -2.33. The van der Waals surface area contributed by atoms with Gasteiger partial charge in [-0.3, -0.25) is 9.58 Å². The topological polar surface area (TPSA) is 53.7 Å². The van der Waals surface area contributed by atoms with E-state index in [9.17, 15) is 0 Å². The van der Waals surface area contributed by atoms with Crippen LogP contribution < -0.4 is 0 Å². The van der Waals surface area contributed by atoms with Crippen LogP contribution in [-0.4, -0.2) is 38.7 Å². The fourth-order valence-electron chi connectivity index (χ4n) is 1.88. The Labute approximate surface area is 89.0 Å². The number of oxime groups is 1. The van der Waals surface area contributed by atoms with E-state index in [1.54, 1.807) is 0 Å². The second kappa shape index (κ2) is 4.44. The largest absolute Gasteiger partial charge is 0.411 e. The standard InChI is InChI=1S/C10H16N4O/c1-13-7-9(6-11-13)8-14-4-2-10(12-15)3-5-14/h6-7,15H,2-5,8H2,1H3. The summed E-state index contributed by atoms with van der Waals surface area (Å²) in [5, 5.41) is 16.0. The van der Waals surface area contributed by atoms with Gasteiger partial charge in [0.15, 0.2) is 0 Å². The van der Waals surface area contributed by atoms with E-state index in [-0.39, 0.29) is 0 Å². The molecule has 1 aliphatic heterocycles. The lowest BCUT2D eigenvalue weighted by Gasteiger charge is -2.26. The van der Waals surface area contributed by atoms with Crippen LogP contribution in [0, 0.1) is 0 Å². The predicted molar refractivity (Wildman–Crippen MR) is 56.9 cm³/mol. The first-order valence-corrected chi connectivity index (χ1v) is 5.17. The summed E-state index contributed by atoms with van der Waals surface area (Å²) in [4.78, 5) is 2.35.